The molecule has 31 heavy (non-hydrogen) atoms. The van der Waals surface area contributed by atoms with E-state index in [2.05, 4.69) is 5.32 Å². The van der Waals surface area contributed by atoms with Gasteiger partial charge in [-0.15, -0.1) is 0 Å². The molecule has 0 aromatic heterocycles. The third-order valence-electron chi connectivity index (χ3n) is 5.33. The fourth-order valence-electron chi connectivity index (χ4n) is 3.61. The number of amides is 1. The normalized spacial score (nSPS) is 18.3. The standard InChI is InChI=1S/C23H30N2O5S/c1-6-20(29-17-13-11-16(12-14-17)25(4)31(5,27)28)22(26)24-19-15-23(2,3)30-21-10-8-7-9-18(19)21/h7-14,19-20H,6,15H2,1-5H3,(H,24,26). The number of para-hydroxylation sites is 1. The highest BCUT2D eigenvalue weighted by Crippen LogP contribution is 2.39. The summed E-state index contributed by atoms with van der Waals surface area (Å²) in [4.78, 5) is 13.0. The first-order valence-electron chi connectivity index (χ1n) is 10.3. The molecular weight excluding hydrogens is 416 g/mol. The maximum Gasteiger partial charge on any atom is 0.261 e. The number of benzene rings is 2. The van der Waals surface area contributed by atoms with Gasteiger partial charge < -0.3 is 14.8 Å². The van der Waals surface area contributed by atoms with Crippen molar-refractivity contribution in [2.45, 2.75) is 51.4 Å². The van der Waals surface area contributed by atoms with Crippen LogP contribution >= 0.6 is 0 Å². The number of rotatable bonds is 7. The van der Waals surface area contributed by atoms with Crippen LogP contribution in [-0.2, 0) is 14.8 Å². The van der Waals surface area contributed by atoms with Crippen LogP contribution in [-0.4, -0.2) is 39.3 Å². The van der Waals surface area contributed by atoms with Crippen molar-refractivity contribution in [3.8, 4) is 11.5 Å². The molecule has 2 aromatic rings. The minimum Gasteiger partial charge on any atom is -0.487 e. The van der Waals surface area contributed by atoms with Crippen LogP contribution in [0.25, 0.3) is 0 Å². The number of fused-ring (bicyclic) bond motifs is 1. The molecule has 7 nitrogen and oxygen atoms in total. The summed E-state index contributed by atoms with van der Waals surface area (Å²) in [7, 11) is -1.86. The Morgan fingerprint density at radius 2 is 1.87 bits per heavy atom. The molecule has 2 aromatic carbocycles. The molecule has 1 heterocycles. The third-order valence-corrected chi connectivity index (χ3v) is 6.54. The van der Waals surface area contributed by atoms with Crippen LogP contribution in [0.15, 0.2) is 48.5 Å². The Hall–Kier alpha value is -2.74. The van der Waals surface area contributed by atoms with Crippen molar-refractivity contribution in [3.63, 3.8) is 0 Å². The zero-order chi connectivity index (χ0) is 22.8. The van der Waals surface area contributed by atoms with Gasteiger partial charge in [-0.2, -0.15) is 0 Å². The number of carbonyl (C=O) groups excluding carboxylic acids is 1. The summed E-state index contributed by atoms with van der Waals surface area (Å²) < 4.78 is 36.5. The molecule has 168 valence electrons. The van der Waals surface area contributed by atoms with Gasteiger partial charge in [0.2, 0.25) is 10.0 Å². The van der Waals surface area contributed by atoms with E-state index in [4.69, 9.17) is 9.47 Å². The van der Waals surface area contributed by atoms with Crippen LogP contribution in [0.1, 0.15) is 45.2 Å². The highest BCUT2D eigenvalue weighted by molar-refractivity contribution is 7.92. The van der Waals surface area contributed by atoms with Gasteiger partial charge in [-0.05, 0) is 50.6 Å². The van der Waals surface area contributed by atoms with E-state index in [0.29, 0.717) is 24.3 Å². The van der Waals surface area contributed by atoms with E-state index in [1.807, 2.05) is 45.0 Å². The molecule has 2 atom stereocenters. The van der Waals surface area contributed by atoms with Crippen molar-refractivity contribution in [1.29, 1.82) is 0 Å². The molecule has 1 aliphatic heterocycles. The number of nitrogens with one attached hydrogen (secondary N) is 1. The van der Waals surface area contributed by atoms with Crippen LogP contribution in [0.3, 0.4) is 0 Å². The van der Waals surface area contributed by atoms with Crippen molar-refractivity contribution in [2.75, 3.05) is 17.6 Å². The average molecular weight is 447 g/mol. The Labute approximate surface area is 184 Å². The third kappa shape index (κ3) is 5.50. The predicted molar refractivity (Wildman–Crippen MR) is 121 cm³/mol. The van der Waals surface area contributed by atoms with E-state index >= 15 is 0 Å². The first kappa shape index (κ1) is 22.9. The minimum atomic E-state index is -3.34. The molecule has 0 spiro atoms. The van der Waals surface area contributed by atoms with Crippen molar-refractivity contribution in [1.82, 2.24) is 5.32 Å². The van der Waals surface area contributed by atoms with Gasteiger partial charge in [0.15, 0.2) is 6.10 Å². The number of anilines is 1. The Kier molecular flexibility index (Phi) is 6.50. The highest BCUT2D eigenvalue weighted by atomic mass is 32.2. The molecule has 3 rings (SSSR count). The molecule has 0 saturated heterocycles. The fraction of sp³-hybridized carbons (Fsp3) is 0.435. The van der Waals surface area contributed by atoms with Crippen molar-refractivity contribution >= 4 is 21.6 Å². The number of nitrogens with zero attached hydrogens (tertiary/aromatic N) is 1. The molecule has 0 saturated carbocycles. The van der Waals surface area contributed by atoms with Crippen molar-refractivity contribution in [3.05, 3.63) is 54.1 Å². The summed E-state index contributed by atoms with van der Waals surface area (Å²) in [5.41, 5.74) is 1.09. The SMILES string of the molecule is CCC(Oc1ccc(N(C)S(C)(=O)=O)cc1)C(=O)NC1CC(C)(C)Oc2ccccc21. The van der Waals surface area contributed by atoms with Gasteiger partial charge in [-0.25, -0.2) is 8.42 Å². The summed E-state index contributed by atoms with van der Waals surface area (Å²) >= 11 is 0. The molecule has 1 amide bonds. The van der Waals surface area contributed by atoms with Crippen LogP contribution in [0.2, 0.25) is 0 Å². The van der Waals surface area contributed by atoms with Crippen LogP contribution in [0.5, 0.6) is 11.5 Å². The first-order valence-corrected chi connectivity index (χ1v) is 12.1. The molecule has 0 bridgehead atoms. The maximum atomic E-state index is 13.0. The summed E-state index contributed by atoms with van der Waals surface area (Å²) in [6.07, 6.45) is 1.62. The van der Waals surface area contributed by atoms with E-state index in [9.17, 15) is 13.2 Å². The lowest BCUT2D eigenvalue weighted by Crippen LogP contribution is -2.45. The van der Waals surface area contributed by atoms with Crippen LogP contribution in [0.4, 0.5) is 5.69 Å². The smallest absolute Gasteiger partial charge is 0.261 e. The number of carbonyl (C=O) groups is 1. The Morgan fingerprint density at radius 3 is 2.48 bits per heavy atom. The number of hydrogen-bond donors (Lipinski definition) is 1. The summed E-state index contributed by atoms with van der Waals surface area (Å²) in [6, 6.07) is 14.2. The van der Waals surface area contributed by atoms with E-state index < -0.39 is 21.7 Å². The zero-order valence-electron chi connectivity index (χ0n) is 18.6. The van der Waals surface area contributed by atoms with Gasteiger partial charge in [0.05, 0.1) is 18.0 Å². The molecule has 0 radical (unpaired) electrons. The zero-order valence-corrected chi connectivity index (χ0v) is 19.4. The number of sulfonamides is 1. The van der Waals surface area contributed by atoms with Crippen LogP contribution in [0, 0.1) is 0 Å². The Balaban J connectivity index is 1.71. The largest absolute Gasteiger partial charge is 0.487 e. The van der Waals surface area contributed by atoms with E-state index in [-0.39, 0.29) is 11.9 Å². The highest BCUT2D eigenvalue weighted by Gasteiger charge is 2.35. The Morgan fingerprint density at radius 1 is 1.23 bits per heavy atom. The molecule has 2 unspecified atom stereocenters. The second kappa shape index (κ2) is 8.78. The monoisotopic (exact) mass is 446 g/mol. The number of ether oxygens (including phenoxy) is 2. The van der Waals surface area contributed by atoms with E-state index in [1.165, 1.54) is 11.4 Å². The lowest BCUT2D eigenvalue weighted by Gasteiger charge is -2.38. The fourth-order valence-corrected chi connectivity index (χ4v) is 4.11. The van der Waals surface area contributed by atoms with Crippen LogP contribution < -0.4 is 19.1 Å². The molecule has 0 fully saturated rings. The van der Waals surface area contributed by atoms with Gasteiger partial charge in [0, 0.05) is 19.0 Å². The van der Waals surface area contributed by atoms with Gasteiger partial charge >= 0.3 is 0 Å². The molecule has 1 aliphatic rings. The van der Waals surface area contributed by atoms with Gasteiger partial charge in [0.1, 0.15) is 17.1 Å². The minimum absolute atomic E-state index is 0.170. The van der Waals surface area contributed by atoms with Gasteiger partial charge in [-0.3, -0.25) is 9.10 Å². The first-order chi connectivity index (χ1) is 14.5. The second-order valence-electron chi connectivity index (χ2n) is 8.40. The number of hydrogen-bond acceptors (Lipinski definition) is 5. The average Bonchev–Trinajstić information content (AvgIpc) is 2.70. The summed E-state index contributed by atoms with van der Waals surface area (Å²) in [5, 5.41) is 3.12. The quantitative estimate of drug-likeness (QED) is 0.702. The predicted octanol–water partition coefficient (Wildman–Crippen LogP) is 3.66. The second-order valence-corrected chi connectivity index (χ2v) is 10.4. The van der Waals surface area contributed by atoms with Crippen molar-refractivity contribution < 1.29 is 22.7 Å². The molecule has 8 heteroatoms. The summed E-state index contributed by atoms with van der Waals surface area (Å²) in [5.74, 6) is 1.08. The van der Waals surface area contributed by atoms with E-state index in [0.717, 1.165) is 17.6 Å². The van der Waals surface area contributed by atoms with Gasteiger partial charge in [-0.1, -0.05) is 25.1 Å². The molecular formula is C23H30N2O5S. The lowest BCUT2D eigenvalue weighted by molar-refractivity contribution is -0.129. The van der Waals surface area contributed by atoms with Crippen molar-refractivity contribution in [2.24, 2.45) is 0 Å². The van der Waals surface area contributed by atoms with E-state index in [1.54, 1.807) is 24.3 Å². The van der Waals surface area contributed by atoms with Gasteiger partial charge in [0.25, 0.3) is 5.91 Å². The molecule has 1 N–H and O–H groups in total. The topological polar surface area (TPSA) is 84.9 Å². The lowest BCUT2D eigenvalue weighted by atomic mass is 9.89. The Bertz CT molecular complexity index is 1030. The maximum absolute atomic E-state index is 13.0. The summed E-state index contributed by atoms with van der Waals surface area (Å²) in [6.45, 7) is 5.90. The molecule has 0 aliphatic carbocycles.